The third kappa shape index (κ3) is 10.4. The maximum Gasteiger partial charge on any atom is 0.242 e. The highest BCUT2D eigenvalue weighted by Gasteiger charge is 2.22. The predicted molar refractivity (Wildman–Crippen MR) is 147 cm³/mol. The second-order valence-electron chi connectivity index (χ2n) is 9.22. The molecule has 6 nitrogen and oxygen atoms in total. The van der Waals surface area contributed by atoms with Gasteiger partial charge in [-0.3, -0.25) is 14.4 Å². The zero-order valence-corrected chi connectivity index (χ0v) is 21.6. The molecule has 0 spiro atoms. The SMILES string of the molecule is CC(=O)CN(CCc1ccccc1)C(=O)CN(CCc1ccccc1)C(=O)CNCCc1ccccc1. The maximum atomic E-state index is 13.3. The molecule has 1 N–H and O–H groups in total. The smallest absolute Gasteiger partial charge is 0.242 e. The van der Waals surface area contributed by atoms with Crippen molar-refractivity contribution in [3.05, 3.63) is 108 Å². The van der Waals surface area contributed by atoms with Crippen LogP contribution in [0.2, 0.25) is 0 Å². The molecule has 0 aromatic heterocycles. The van der Waals surface area contributed by atoms with Gasteiger partial charge in [-0.05, 0) is 49.4 Å². The van der Waals surface area contributed by atoms with Gasteiger partial charge in [0.25, 0.3) is 0 Å². The number of hydrogen-bond donors (Lipinski definition) is 1. The van der Waals surface area contributed by atoms with Crippen LogP contribution in [0.4, 0.5) is 0 Å². The number of Topliss-reactive ketones (excluding diaryl/α,β-unsaturated/α-hetero) is 1. The van der Waals surface area contributed by atoms with Gasteiger partial charge in [0.2, 0.25) is 11.8 Å². The van der Waals surface area contributed by atoms with E-state index >= 15 is 0 Å². The normalized spacial score (nSPS) is 10.6. The Bertz CT molecular complexity index is 1100. The van der Waals surface area contributed by atoms with Gasteiger partial charge >= 0.3 is 0 Å². The van der Waals surface area contributed by atoms with Crippen molar-refractivity contribution in [1.29, 1.82) is 0 Å². The van der Waals surface area contributed by atoms with Gasteiger partial charge in [0.05, 0.1) is 19.6 Å². The largest absolute Gasteiger partial charge is 0.334 e. The molecule has 0 fully saturated rings. The van der Waals surface area contributed by atoms with Crippen LogP contribution in [0, 0.1) is 0 Å². The van der Waals surface area contributed by atoms with E-state index in [0.717, 1.165) is 17.5 Å². The first-order valence-electron chi connectivity index (χ1n) is 12.9. The number of carbonyl (C=O) groups excluding carboxylic acids is 3. The molecule has 0 saturated carbocycles. The molecule has 0 bridgehead atoms. The minimum absolute atomic E-state index is 0.0434. The Balaban J connectivity index is 1.61. The Morgan fingerprint density at radius 2 is 1.03 bits per heavy atom. The van der Waals surface area contributed by atoms with Crippen molar-refractivity contribution >= 4 is 17.6 Å². The third-order valence-corrected chi connectivity index (χ3v) is 6.18. The Morgan fingerprint density at radius 3 is 1.49 bits per heavy atom. The lowest BCUT2D eigenvalue weighted by molar-refractivity contribution is -0.141. The van der Waals surface area contributed by atoms with Crippen LogP contribution in [0.25, 0.3) is 0 Å². The molecular weight excluding hydrogens is 462 g/mol. The van der Waals surface area contributed by atoms with E-state index in [2.05, 4.69) is 17.4 Å². The van der Waals surface area contributed by atoms with Gasteiger partial charge in [-0.25, -0.2) is 0 Å². The van der Waals surface area contributed by atoms with Crippen LogP contribution in [0.3, 0.4) is 0 Å². The average Bonchev–Trinajstić information content (AvgIpc) is 2.92. The molecule has 0 saturated heterocycles. The quantitative estimate of drug-likeness (QED) is 0.325. The van der Waals surface area contributed by atoms with E-state index in [-0.39, 0.29) is 37.2 Å². The summed E-state index contributed by atoms with van der Waals surface area (Å²) in [5.74, 6) is -0.411. The summed E-state index contributed by atoms with van der Waals surface area (Å²) in [4.78, 5) is 41.6. The summed E-state index contributed by atoms with van der Waals surface area (Å²) in [5.41, 5.74) is 3.41. The standard InChI is InChI=1S/C31H37N3O3/c1-26(35)24-33(21-18-28-13-7-3-8-14-28)31(37)25-34(22-19-29-15-9-4-10-16-29)30(36)23-32-20-17-27-11-5-2-6-12-27/h2-16,32H,17-25H2,1H3. The van der Waals surface area contributed by atoms with Crippen LogP contribution < -0.4 is 5.32 Å². The summed E-state index contributed by atoms with van der Waals surface area (Å²) in [6.45, 7) is 3.17. The third-order valence-electron chi connectivity index (χ3n) is 6.18. The molecule has 0 atom stereocenters. The summed E-state index contributed by atoms with van der Waals surface area (Å²) in [7, 11) is 0. The highest BCUT2D eigenvalue weighted by Crippen LogP contribution is 2.06. The lowest BCUT2D eigenvalue weighted by Crippen LogP contribution is -2.47. The zero-order chi connectivity index (χ0) is 26.3. The number of amides is 2. The van der Waals surface area contributed by atoms with Crippen molar-refractivity contribution in [2.24, 2.45) is 0 Å². The Hall–Kier alpha value is -3.77. The number of hydrogen-bond acceptors (Lipinski definition) is 4. The number of benzene rings is 3. The van der Waals surface area contributed by atoms with Crippen LogP contribution in [0.5, 0.6) is 0 Å². The first kappa shape index (κ1) is 27.8. The molecule has 37 heavy (non-hydrogen) atoms. The van der Waals surface area contributed by atoms with Gasteiger partial charge in [0.1, 0.15) is 5.78 Å². The van der Waals surface area contributed by atoms with Crippen molar-refractivity contribution in [2.75, 3.05) is 39.3 Å². The second kappa shape index (κ2) is 15.4. The fourth-order valence-corrected chi connectivity index (χ4v) is 4.12. The summed E-state index contributed by atoms with van der Waals surface area (Å²) in [6.07, 6.45) is 2.13. The number of ketones is 1. The maximum absolute atomic E-state index is 13.3. The van der Waals surface area contributed by atoms with Crippen LogP contribution in [0.15, 0.2) is 91.0 Å². The summed E-state index contributed by atoms with van der Waals surface area (Å²) in [6, 6.07) is 29.9. The monoisotopic (exact) mass is 499 g/mol. The fraction of sp³-hybridized carbons (Fsp3) is 0.323. The van der Waals surface area contributed by atoms with Gasteiger partial charge in [-0.2, -0.15) is 0 Å². The molecule has 3 rings (SSSR count). The molecule has 0 aliphatic heterocycles. The van der Waals surface area contributed by atoms with E-state index in [9.17, 15) is 14.4 Å². The van der Waals surface area contributed by atoms with Crippen LogP contribution in [0.1, 0.15) is 23.6 Å². The number of carbonyl (C=O) groups is 3. The van der Waals surface area contributed by atoms with Gasteiger partial charge < -0.3 is 15.1 Å². The number of nitrogens with one attached hydrogen (secondary N) is 1. The predicted octanol–water partition coefficient (Wildman–Crippen LogP) is 3.55. The average molecular weight is 500 g/mol. The fourth-order valence-electron chi connectivity index (χ4n) is 4.12. The molecule has 3 aromatic carbocycles. The van der Waals surface area contributed by atoms with E-state index in [4.69, 9.17) is 0 Å². The minimum Gasteiger partial charge on any atom is -0.334 e. The van der Waals surface area contributed by atoms with Gasteiger partial charge in [-0.15, -0.1) is 0 Å². The molecule has 0 aliphatic rings. The number of rotatable bonds is 15. The molecular formula is C31H37N3O3. The molecule has 0 heterocycles. The van der Waals surface area contributed by atoms with Crippen molar-refractivity contribution in [3.63, 3.8) is 0 Å². The highest BCUT2D eigenvalue weighted by molar-refractivity contribution is 5.88. The Kier molecular flexibility index (Phi) is 11.5. The summed E-state index contributed by atoms with van der Waals surface area (Å²) in [5, 5.41) is 3.22. The molecule has 0 radical (unpaired) electrons. The Labute approximate surface area is 220 Å². The first-order valence-corrected chi connectivity index (χ1v) is 12.9. The summed E-state index contributed by atoms with van der Waals surface area (Å²) >= 11 is 0. The van der Waals surface area contributed by atoms with Gasteiger partial charge in [0, 0.05) is 13.1 Å². The zero-order valence-electron chi connectivity index (χ0n) is 21.6. The Morgan fingerprint density at radius 1 is 0.595 bits per heavy atom. The highest BCUT2D eigenvalue weighted by atomic mass is 16.2. The topological polar surface area (TPSA) is 69.7 Å². The van der Waals surface area contributed by atoms with Crippen LogP contribution in [-0.2, 0) is 33.6 Å². The van der Waals surface area contributed by atoms with E-state index in [0.29, 0.717) is 32.5 Å². The second-order valence-corrected chi connectivity index (χ2v) is 9.22. The minimum atomic E-state index is -0.211. The van der Waals surface area contributed by atoms with E-state index in [1.54, 1.807) is 9.80 Å². The molecule has 0 aliphatic carbocycles. The number of nitrogens with zero attached hydrogens (tertiary/aromatic N) is 2. The lowest BCUT2D eigenvalue weighted by atomic mass is 10.1. The molecule has 6 heteroatoms. The van der Waals surface area contributed by atoms with Gasteiger partial charge in [0.15, 0.2) is 0 Å². The van der Waals surface area contributed by atoms with E-state index in [1.807, 2.05) is 78.9 Å². The first-order chi connectivity index (χ1) is 18.0. The van der Waals surface area contributed by atoms with Crippen molar-refractivity contribution in [1.82, 2.24) is 15.1 Å². The van der Waals surface area contributed by atoms with Crippen LogP contribution >= 0.6 is 0 Å². The van der Waals surface area contributed by atoms with Crippen molar-refractivity contribution < 1.29 is 14.4 Å². The van der Waals surface area contributed by atoms with Crippen LogP contribution in [-0.4, -0.2) is 66.7 Å². The molecule has 0 unspecified atom stereocenters. The molecule has 194 valence electrons. The van der Waals surface area contributed by atoms with Crippen molar-refractivity contribution in [2.45, 2.75) is 26.2 Å². The molecule has 3 aromatic rings. The summed E-state index contributed by atoms with van der Waals surface area (Å²) < 4.78 is 0. The van der Waals surface area contributed by atoms with E-state index < -0.39 is 0 Å². The van der Waals surface area contributed by atoms with Crippen molar-refractivity contribution in [3.8, 4) is 0 Å². The van der Waals surface area contributed by atoms with E-state index in [1.165, 1.54) is 12.5 Å². The molecule has 2 amide bonds. The lowest BCUT2D eigenvalue weighted by Gasteiger charge is -2.27. The van der Waals surface area contributed by atoms with Gasteiger partial charge in [-0.1, -0.05) is 91.0 Å².